The fourth-order valence-corrected chi connectivity index (χ4v) is 2.50. The van der Waals surface area contributed by atoms with Crippen LogP contribution >= 0.6 is 0 Å². The van der Waals surface area contributed by atoms with Gasteiger partial charge < -0.3 is 15.2 Å². The average Bonchev–Trinajstić information content (AvgIpc) is 2.94. The number of ether oxygens (including phenoxy) is 2. The Labute approximate surface area is 123 Å². The molecular weight excluding hydrogens is 269 g/mol. The number of fused-ring (bicyclic) bond motifs is 1. The predicted molar refractivity (Wildman–Crippen MR) is 79.1 cm³/mol. The molecule has 3 rings (SSSR count). The van der Waals surface area contributed by atoms with Crippen LogP contribution in [0.15, 0.2) is 36.4 Å². The highest BCUT2D eigenvalue weighted by molar-refractivity contribution is 5.40. The lowest BCUT2D eigenvalue weighted by molar-refractivity contribution is 0.320. The second-order valence-electron chi connectivity index (χ2n) is 5.14. The molecule has 0 aliphatic carbocycles. The highest BCUT2D eigenvalue weighted by Crippen LogP contribution is 2.26. The molecule has 0 bridgehead atoms. The third-order valence-corrected chi connectivity index (χ3v) is 3.58. The van der Waals surface area contributed by atoms with Gasteiger partial charge in [0.05, 0.1) is 13.2 Å². The van der Waals surface area contributed by atoms with Gasteiger partial charge in [-0.2, -0.15) is 0 Å². The summed E-state index contributed by atoms with van der Waals surface area (Å²) in [5.74, 6) is 1.19. The zero-order valence-corrected chi connectivity index (χ0v) is 11.8. The fourth-order valence-electron chi connectivity index (χ4n) is 2.50. The van der Waals surface area contributed by atoms with Gasteiger partial charge in [-0.05, 0) is 34.9 Å². The van der Waals surface area contributed by atoms with E-state index in [0.29, 0.717) is 18.9 Å². The van der Waals surface area contributed by atoms with Crippen LogP contribution in [0.5, 0.6) is 11.5 Å². The summed E-state index contributed by atoms with van der Waals surface area (Å²) in [6.07, 6.45) is 1.75. The predicted octanol–water partition coefficient (Wildman–Crippen LogP) is 2.84. The van der Waals surface area contributed by atoms with Gasteiger partial charge in [-0.3, -0.25) is 0 Å². The van der Waals surface area contributed by atoms with Crippen LogP contribution < -0.4 is 15.2 Å². The lowest BCUT2D eigenvalue weighted by Gasteiger charge is -2.09. The van der Waals surface area contributed by atoms with Crippen molar-refractivity contribution in [2.45, 2.75) is 19.4 Å². The quantitative estimate of drug-likeness (QED) is 0.919. The van der Waals surface area contributed by atoms with Crippen molar-refractivity contribution in [2.75, 3.05) is 13.2 Å². The summed E-state index contributed by atoms with van der Waals surface area (Å²) in [5, 5.41) is 0. The van der Waals surface area contributed by atoms with E-state index in [9.17, 15) is 4.39 Å². The minimum Gasteiger partial charge on any atom is -0.493 e. The molecule has 2 aromatic carbocycles. The van der Waals surface area contributed by atoms with Gasteiger partial charge in [0.1, 0.15) is 17.3 Å². The molecule has 0 aromatic heterocycles. The van der Waals surface area contributed by atoms with Crippen LogP contribution in [0.1, 0.15) is 16.7 Å². The van der Waals surface area contributed by atoms with E-state index >= 15 is 0 Å². The Kier molecular flexibility index (Phi) is 4.06. The van der Waals surface area contributed by atoms with Gasteiger partial charge >= 0.3 is 0 Å². The van der Waals surface area contributed by atoms with Crippen molar-refractivity contribution in [3.63, 3.8) is 0 Å². The van der Waals surface area contributed by atoms with Crippen LogP contribution in [0.25, 0.3) is 0 Å². The van der Waals surface area contributed by atoms with Crippen molar-refractivity contribution < 1.29 is 13.9 Å². The van der Waals surface area contributed by atoms with Crippen LogP contribution in [0, 0.1) is 5.82 Å². The van der Waals surface area contributed by atoms with Gasteiger partial charge in [0.15, 0.2) is 0 Å². The van der Waals surface area contributed by atoms with E-state index < -0.39 is 0 Å². The van der Waals surface area contributed by atoms with Crippen molar-refractivity contribution in [3.8, 4) is 11.5 Å². The summed E-state index contributed by atoms with van der Waals surface area (Å²) >= 11 is 0. The Morgan fingerprint density at radius 1 is 1.14 bits per heavy atom. The monoisotopic (exact) mass is 287 g/mol. The van der Waals surface area contributed by atoms with Gasteiger partial charge in [0.25, 0.3) is 0 Å². The number of halogens is 1. The van der Waals surface area contributed by atoms with Crippen LogP contribution in [0.3, 0.4) is 0 Å². The van der Waals surface area contributed by atoms with E-state index in [1.54, 1.807) is 6.07 Å². The molecule has 4 heteroatoms. The van der Waals surface area contributed by atoms with Crippen molar-refractivity contribution >= 4 is 0 Å². The molecule has 21 heavy (non-hydrogen) atoms. The largest absolute Gasteiger partial charge is 0.493 e. The zero-order valence-electron chi connectivity index (χ0n) is 11.8. The molecule has 0 atom stereocenters. The highest BCUT2D eigenvalue weighted by Gasteiger charge is 2.11. The first-order chi connectivity index (χ1) is 10.2. The molecule has 3 nitrogen and oxygen atoms in total. The van der Waals surface area contributed by atoms with Crippen molar-refractivity contribution in [1.29, 1.82) is 0 Å². The third kappa shape index (κ3) is 3.34. The Morgan fingerprint density at radius 2 is 2.05 bits per heavy atom. The molecule has 2 N–H and O–H groups in total. The fraction of sp³-hybridized carbons (Fsp3) is 0.294. The Hall–Kier alpha value is -2.07. The summed E-state index contributed by atoms with van der Waals surface area (Å²) in [6.45, 7) is 1.58. The Bertz CT molecular complexity index is 643. The number of hydrogen-bond acceptors (Lipinski definition) is 3. The summed E-state index contributed by atoms with van der Waals surface area (Å²) < 4.78 is 24.5. The standard InChI is InChI=1S/C17H18FNO2/c18-15-8-13(11-19)9-16(10-15)20-5-3-12-1-2-17-14(7-12)4-6-21-17/h1-2,7-10H,3-6,11,19H2. The maximum Gasteiger partial charge on any atom is 0.127 e. The molecule has 2 aromatic rings. The third-order valence-electron chi connectivity index (χ3n) is 3.58. The van der Waals surface area contributed by atoms with E-state index in [-0.39, 0.29) is 5.82 Å². The van der Waals surface area contributed by atoms with Gasteiger partial charge in [-0.15, -0.1) is 0 Å². The Morgan fingerprint density at radius 3 is 2.90 bits per heavy atom. The average molecular weight is 287 g/mol. The summed E-state index contributed by atoms with van der Waals surface area (Å²) in [6, 6.07) is 10.8. The highest BCUT2D eigenvalue weighted by atomic mass is 19.1. The van der Waals surface area contributed by atoms with Gasteiger partial charge in [0, 0.05) is 25.5 Å². The second-order valence-corrected chi connectivity index (χ2v) is 5.14. The second kappa shape index (κ2) is 6.14. The van der Waals surface area contributed by atoms with E-state index in [0.717, 1.165) is 30.8 Å². The number of rotatable bonds is 5. The van der Waals surface area contributed by atoms with Crippen molar-refractivity contribution in [3.05, 3.63) is 58.9 Å². The van der Waals surface area contributed by atoms with Crippen LogP contribution in [0.4, 0.5) is 4.39 Å². The van der Waals surface area contributed by atoms with Crippen LogP contribution in [-0.4, -0.2) is 13.2 Å². The van der Waals surface area contributed by atoms with Crippen LogP contribution in [-0.2, 0) is 19.4 Å². The molecule has 110 valence electrons. The smallest absolute Gasteiger partial charge is 0.127 e. The molecule has 0 radical (unpaired) electrons. The first kappa shape index (κ1) is 13.9. The first-order valence-corrected chi connectivity index (χ1v) is 7.11. The lowest BCUT2D eigenvalue weighted by Crippen LogP contribution is -2.03. The van der Waals surface area contributed by atoms with Crippen molar-refractivity contribution in [1.82, 2.24) is 0 Å². The van der Waals surface area contributed by atoms with Gasteiger partial charge in [-0.25, -0.2) is 4.39 Å². The SMILES string of the molecule is NCc1cc(F)cc(OCCc2ccc3c(c2)CCO3)c1. The number of hydrogen-bond donors (Lipinski definition) is 1. The topological polar surface area (TPSA) is 44.5 Å². The minimum absolute atomic E-state index is 0.305. The van der Waals surface area contributed by atoms with Gasteiger partial charge in [-0.1, -0.05) is 12.1 Å². The molecule has 0 saturated heterocycles. The maximum atomic E-state index is 13.4. The molecule has 0 amide bonds. The maximum absolute atomic E-state index is 13.4. The molecule has 1 aliphatic rings. The molecule has 1 aliphatic heterocycles. The normalized spacial score (nSPS) is 12.9. The minimum atomic E-state index is -0.317. The molecule has 0 saturated carbocycles. The van der Waals surface area contributed by atoms with Gasteiger partial charge in [0.2, 0.25) is 0 Å². The molecule has 1 heterocycles. The summed E-state index contributed by atoms with van der Waals surface area (Å²) in [4.78, 5) is 0. The lowest BCUT2D eigenvalue weighted by atomic mass is 10.1. The summed E-state index contributed by atoms with van der Waals surface area (Å²) in [5.41, 5.74) is 8.72. The van der Waals surface area contributed by atoms with E-state index in [2.05, 4.69) is 6.07 Å². The number of benzene rings is 2. The number of nitrogens with two attached hydrogens (primary N) is 1. The van der Waals surface area contributed by atoms with E-state index in [1.165, 1.54) is 23.3 Å². The van der Waals surface area contributed by atoms with E-state index in [4.69, 9.17) is 15.2 Å². The molecule has 0 fully saturated rings. The van der Waals surface area contributed by atoms with E-state index in [1.807, 2.05) is 12.1 Å². The Balaban J connectivity index is 1.60. The molecule has 0 unspecified atom stereocenters. The molecule has 0 spiro atoms. The van der Waals surface area contributed by atoms with Crippen LogP contribution in [0.2, 0.25) is 0 Å². The van der Waals surface area contributed by atoms with Crippen molar-refractivity contribution in [2.24, 2.45) is 5.73 Å². The summed E-state index contributed by atoms with van der Waals surface area (Å²) in [7, 11) is 0. The zero-order chi connectivity index (χ0) is 14.7. The molecular formula is C17H18FNO2. The first-order valence-electron chi connectivity index (χ1n) is 7.11.